The number of hydrazone groups is 1. The van der Waals surface area contributed by atoms with E-state index in [0.29, 0.717) is 26.5 Å². The summed E-state index contributed by atoms with van der Waals surface area (Å²) in [6.45, 7) is 1.87. The van der Waals surface area contributed by atoms with Crippen molar-refractivity contribution in [1.82, 2.24) is 10.1 Å². The molecule has 140 valence electrons. The molecule has 2 aromatic carbocycles. The monoisotopic (exact) mass is 428 g/mol. The maximum absolute atomic E-state index is 6.14. The topological polar surface area (TPSA) is 63.3 Å². The molecule has 0 unspecified atom stereocenters. The third kappa shape index (κ3) is 3.80. The Morgan fingerprint density at radius 2 is 1.82 bits per heavy atom. The summed E-state index contributed by atoms with van der Waals surface area (Å²) >= 11 is 13.7. The van der Waals surface area contributed by atoms with Crippen LogP contribution >= 0.6 is 34.5 Å². The molecule has 0 saturated heterocycles. The van der Waals surface area contributed by atoms with Crippen LogP contribution in [0.25, 0.3) is 22.5 Å². The van der Waals surface area contributed by atoms with Crippen molar-refractivity contribution in [2.24, 2.45) is 5.10 Å². The van der Waals surface area contributed by atoms with Crippen LogP contribution in [0, 0.1) is 6.92 Å². The number of rotatable bonds is 5. The molecule has 2 heterocycles. The molecule has 2 aromatic heterocycles. The zero-order valence-corrected chi connectivity index (χ0v) is 17.0. The SMILES string of the molecule is Cc1onc(-c2ccccc2)c1-c1csc(N/N=C/c2c(Cl)cccc2Cl)n1. The number of thiazole rings is 1. The van der Waals surface area contributed by atoms with Crippen LogP contribution in [0.5, 0.6) is 0 Å². The number of aryl methyl sites for hydroxylation is 1. The van der Waals surface area contributed by atoms with Crippen LogP contribution < -0.4 is 5.43 Å². The predicted molar refractivity (Wildman–Crippen MR) is 115 cm³/mol. The molecule has 0 radical (unpaired) electrons. The Bertz CT molecular complexity index is 1120. The van der Waals surface area contributed by atoms with E-state index in [2.05, 4.69) is 20.7 Å². The number of nitrogens with one attached hydrogen (secondary N) is 1. The second kappa shape index (κ2) is 8.14. The van der Waals surface area contributed by atoms with Crippen LogP contribution in [-0.4, -0.2) is 16.4 Å². The number of anilines is 1. The van der Waals surface area contributed by atoms with E-state index in [1.54, 1.807) is 24.4 Å². The van der Waals surface area contributed by atoms with Gasteiger partial charge in [-0.05, 0) is 19.1 Å². The fraction of sp³-hybridized carbons (Fsp3) is 0.0500. The van der Waals surface area contributed by atoms with Gasteiger partial charge in [-0.1, -0.05) is 64.8 Å². The number of hydrogen-bond acceptors (Lipinski definition) is 6. The van der Waals surface area contributed by atoms with Crippen LogP contribution in [0.1, 0.15) is 11.3 Å². The second-order valence-corrected chi connectivity index (χ2v) is 7.54. The fourth-order valence-electron chi connectivity index (χ4n) is 2.69. The van der Waals surface area contributed by atoms with Crippen molar-refractivity contribution in [3.8, 4) is 22.5 Å². The van der Waals surface area contributed by atoms with E-state index in [9.17, 15) is 0 Å². The van der Waals surface area contributed by atoms with Crippen molar-refractivity contribution >= 4 is 45.9 Å². The molecule has 0 saturated carbocycles. The van der Waals surface area contributed by atoms with Crippen molar-refractivity contribution in [3.05, 3.63) is 75.3 Å². The molecule has 4 aromatic rings. The lowest BCUT2D eigenvalue weighted by Gasteiger charge is -2.00. The normalized spacial score (nSPS) is 11.2. The van der Waals surface area contributed by atoms with Gasteiger partial charge in [0, 0.05) is 16.5 Å². The molecule has 8 heteroatoms. The largest absolute Gasteiger partial charge is 0.360 e. The van der Waals surface area contributed by atoms with Gasteiger partial charge in [0.1, 0.15) is 11.5 Å². The van der Waals surface area contributed by atoms with E-state index in [1.165, 1.54) is 11.3 Å². The summed E-state index contributed by atoms with van der Waals surface area (Å²) < 4.78 is 5.41. The van der Waals surface area contributed by atoms with E-state index in [4.69, 9.17) is 27.7 Å². The Morgan fingerprint density at radius 1 is 1.07 bits per heavy atom. The highest BCUT2D eigenvalue weighted by Gasteiger charge is 2.19. The smallest absolute Gasteiger partial charge is 0.203 e. The van der Waals surface area contributed by atoms with Crippen LogP contribution in [0.2, 0.25) is 10.0 Å². The van der Waals surface area contributed by atoms with E-state index < -0.39 is 0 Å². The lowest BCUT2D eigenvalue weighted by Crippen LogP contribution is -1.92. The molecule has 28 heavy (non-hydrogen) atoms. The first kappa shape index (κ1) is 18.7. The fourth-order valence-corrected chi connectivity index (χ4v) is 3.84. The molecular formula is C20H14Cl2N4OS. The third-order valence-electron chi connectivity index (χ3n) is 4.02. The van der Waals surface area contributed by atoms with Gasteiger partial charge in [-0.25, -0.2) is 4.98 Å². The molecule has 0 aliphatic heterocycles. The van der Waals surface area contributed by atoms with Crippen molar-refractivity contribution in [1.29, 1.82) is 0 Å². The van der Waals surface area contributed by atoms with Crippen molar-refractivity contribution in [2.45, 2.75) is 6.92 Å². The van der Waals surface area contributed by atoms with Gasteiger partial charge in [0.2, 0.25) is 5.13 Å². The quantitative estimate of drug-likeness (QED) is 0.290. The maximum Gasteiger partial charge on any atom is 0.203 e. The van der Waals surface area contributed by atoms with Gasteiger partial charge >= 0.3 is 0 Å². The van der Waals surface area contributed by atoms with Gasteiger partial charge in [0.15, 0.2) is 0 Å². The zero-order chi connectivity index (χ0) is 19.5. The van der Waals surface area contributed by atoms with Gasteiger partial charge < -0.3 is 4.52 Å². The molecule has 4 rings (SSSR count). The van der Waals surface area contributed by atoms with Gasteiger partial charge in [-0.3, -0.25) is 5.43 Å². The minimum Gasteiger partial charge on any atom is -0.360 e. The summed E-state index contributed by atoms with van der Waals surface area (Å²) in [5, 5.41) is 12.0. The highest BCUT2D eigenvalue weighted by atomic mass is 35.5. The molecule has 0 fully saturated rings. The van der Waals surface area contributed by atoms with Gasteiger partial charge in [0.25, 0.3) is 0 Å². The highest BCUT2D eigenvalue weighted by molar-refractivity contribution is 7.14. The van der Waals surface area contributed by atoms with E-state index in [-0.39, 0.29) is 0 Å². The Labute approximate surface area is 175 Å². The summed E-state index contributed by atoms with van der Waals surface area (Å²) in [5.41, 5.74) is 6.95. The Hall–Kier alpha value is -2.67. The zero-order valence-electron chi connectivity index (χ0n) is 14.7. The Kier molecular flexibility index (Phi) is 5.43. The molecule has 0 spiro atoms. The molecule has 0 atom stereocenters. The van der Waals surface area contributed by atoms with Crippen LogP contribution in [0.3, 0.4) is 0 Å². The second-order valence-electron chi connectivity index (χ2n) is 5.87. The first-order chi connectivity index (χ1) is 13.6. The molecule has 5 nitrogen and oxygen atoms in total. The van der Waals surface area contributed by atoms with Gasteiger partial charge in [-0.15, -0.1) is 11.3 Å². The number of halogens is 2. The molecule has 0 aliphatic rings. The van der Waals surface area contributed by atoms with Crippen LogP contribution in [-0.2, 0) is 0 Å². The van der Waals surface area contributed by atoms with Gasteiger partial charge in [0.05, 0.1) is 27.5 Å². The van der Waals surface area contributed by atoms with Crippen LogP contribution in [0.4, 0.5) is 5.13 Å². The van der Waals surface area contributed by atoms with E-state index >= 15 is 0 Å². The predicted octanol–water partition coefficient (Wildman–Crippen LogP) is 6.53. The summed E-state index contributed by atoms with van der Waals surface area (Å²) in [5.74, 6) is 0.710. The summed E-state index contributed by atoms with van der Waals surface area (Å²) in [6, 6.07) is 15.2. The highest BCUT2D eigenvalue weighted by Crippen LogP contribution is 2.35. The standard InChI is InChI=1S/C20H14Cl2N4OS/c1-12-18(19(26-27-12)13-6-3-2-4-7-13)17-11-28-20(24-17)25-23-10-14-15(21)8-5-9-16(14)22/h2-11H,1H3,(H,24,25)/b23-10+. The molecule has 0 amide bonds. The van der Waals surface area contributed by atoms with Gasteiger partial charge in [-0.2, -0.15) is 5.10 Å². The van der Waals surface area contributed by atoms with Crippen molar-refractivity contribution in [2.75, 3.05) is 5.43 Å². The number of benzene rings is 2. The average Bonchev–Trinajstić information content (AvgIpc) is 3.31. The van der Waals surface area contributed by atoms with E-state index in [0.717, 1.165) is 22.5 Å². The third-order valence-corrected chi connectivity index (χ3v) is 5.43. The lowest BCUT2D eigenvalue weighted by molar-refractivity contribution is 0.400. The Balaban J connectivity index is 1.58. The number of aromatic nitrogens is 2. The number of nitrogens with zero attached hydrogens (tertiary/aromatic N) is 3. The average molecular weight is 429 g/mol. The summed E-state index contributed by atoms with van der Waals surface area (Å²) in [7, 11) is 0. The van der Waals surface area contributed by atoms with Crippen molar-refractivity contribution in [3.63, 3.8) is 0 Å². The van der Waals surface area contributed by atoms with Crippen LogP contribution in [0.15, 0.2) is 63.5 Å². The molecule has 1 N–H and O–H groups in total. The summed E-state index contributed by atoms with van der Waals surface area (Å²) in [4.78, 5) is 4.60. The number of hydrogen-bond donors (Lipinski definition) is 1. The first-order valence-corrected chi connectivity index (χ1v) is 9.97. The maximum atomic E-state index is 6.14. The van der Waals surface area contributed by atoms with E-state index in [1.807, 2.05) is 42.6 Å². The molecule has 0 aliphatic carbocycles. The molecular weight excluding hydrogens is 415 g/mol. The Morgan fingerprint density at radius 3 is 2.57 bits per heavy atom. The minimum absolute atomic E-state index is 0.533. The van der Waals surface area contributed by atoms with Crippen molar-refractivity contribution < 1.29 is 4.52 Å². The molecule has 0 bridgehead atoms. The minimum atomic E-state index is 0.533. The first-order valence-electron chi connectivity index (χ1n) is 8.34. The summed E-state index contributed by atoms with van der Waals surface area (Å²) in [6.07, 6.45) is 1.58. The lowest BCUT2D eigenvalue weighted by atomic mass is 10.0.